The monoisotopic (exact) mass is 526 g/mol. The van der Waals surface area contributed by atoms with Gasteiger partial charge >= 0.3 is 5.69 Å². The fourth-order valence-corrected chi connectivity index (χ4v) is 5.79. The highest BCUT2D eigenvalue weighted by Gasteiger charge is 2.35. The van der Waals surface area contributed by atoms with Gasteiger partial charge in [0.15, 0.2) is 0 Å². The summed E-state index contributed by atoms with van der Waals surface area (Å²) in [5.41, 5.74) is -0.453. The molecule has 1 aromatic heterocycles. The second-order valence-corrected chi connectivity index (χ2v) is 9.92. The van der Waals surface area contributed by atoms with Gasteiger partial charge in [0.2, 0.25) is 0 Å². The maximum absolute atomic E-state index is 12.4. The van der Waals surface area contributed by atoms with Gasteiger partial charge in [-0.1, -0.05) is 66.6 Å². The van der Waals surface area contributed by atoms with E-state index in [0.717, 1.165) is 16.3 Å². The van der Waals surface area contributed by atoms with Gasteiger partial charge in [0.05, 0.1) is 12.7 Å². The highest BCUT2D eigenvalue weighted by molar-refractivity contribution is 6.33. The maximum Gasteiger partial charge on any atom is 0.330 e. The summed E-state index contributed by atoms with van der Waals surface area (Å²) >= 11 is 0. The lowest BCUT2D eigenvalue weighted by atomic mass is 9.88. The van der Waals surface area contributed by atoms with E-state index in [1.807, 2.05) is 12.1 Å². The van der Waals surface area contributed by atoms with Crippen LogP contribution in [0.5, 0.6) is 0 Å². The van der Waals surface area contributed by atoms with Gasteiger partial charge in [-0.15, -0.1) is 0 Å². The Hall–Kier alpha value is -4.92. The summed E-state index contributed by atoms with van der Waals surface area (Å²) in [6.07, 6.45) is -1.14. The van der Waals surface area contributed by atoms with E-state index in [4.69, 9.17) is 4.74 Å². The predicted molar refractivity (Wildman–Crippen MR) is 154 cm³/mol. The van der Waals surface area contributed by atoms with E-state index in [0.29, 0.717) is 0 Å². The Labute approximate surface area is 227 Å². The van der Waals surface area contributed by atoms with Crippen molar-refractivity contribution in [2.75, 3.05) is 6.61 Å². The van der Waals surface area contributed by atoms with Crippen LogP contribution in [-0.2, 0) is 4.74 Å². The van der Waals surface area contributed by atoms with Gasteiger partial charge < -0.3 is 14.9 Å². The van der Waals surface area contributed by atoms with Crippen LogP contribution < -0.4 is 11.2 Å². The van der Waals surface area contributed by atoms with Crippen LogP contribution in [0, 0.1) is 23.7 Å². The number of aliphatic hydroxyl groups is 2. The topological polar surface area (TPSA) is 105 Å². The van der Waals surface area contributed by atoms with Crippen molar-refractivity contribution in [1.82, 2.24) is 9.55 Å². The SMILES string of the molecule is O=c1[nH]c(=O)n([C@H]2C[C@H](O)[C@@H](CO)O2)cc1C#CC#Cc1ccc2c3cccc4cccc(c5cccc1c52)c43. The lowest BCUT2D eigenvalue weighted by molar-refractivity contribution is -0.0459. The second-order valence-electron chi connectivity index (χ2n) is 9.92. The molecule has 1 aliphatic rings. The molecular formula is C33H22N2O5. The highest BCUT2D eigenvalue weighted by Crippen LogP contribution is 2.40. The second kappa shape index (κ2) is 9.37. The van der Waals surface area contributed by atoms with Crippen molar-refractivity contribution in [3.63, 3.8) is 0 Å². The summed E-state index contributed by atoms with van der Waals surface area (Å²) < 4.78 is 6.72. The third kappa shape index (κ3) is 3.77. The fraction of sp³-hybridized carbons (Fsp3) is 0.152. The number of hydrogen-bond donors (Lipinski definition) is 3. The van der Waals surface area contributed by atoms with Crippen LogP contribution in [0.2, 0.25) is 0 Å². The molecule has 40 heavy (non-hydrogen) atoms. The Morgan fingerprint density at radius 2 is 1.45 bits per heavy atom. The summed E-state index contributed by atoms with van der Waals surface area (Å²) in [5.74, 6) is 11.5. The minimum atomic E-state index is -0.919. The van der Waals surface area contributed by atoms with E-state index in [1.54, 1.807) is 0 Å². The molecule has 7 rings (SSSR count). The summed E-state index contributed by atoms with van der Waals surface area (Å²) in [6, 6.07) is 23.1. The normalized spacial score (nSPS) is 18.7. The van der Waals surface area contributed by atoms with Crippen LogP contribution in [0.25, 0.3) is 43.1 Å². The molecule has 6 aromatic rings. The van der Waals surface area contributed by atoms with E-state index < -0.39 is 29.7 Å². The van der Waals surface area contributed by atoms with Crippen LogP contribution in [0.3, 0.4) is 0 Å². The Balaban J connectivity index is 1.29. The van der Waals surface area contributed by atoms with Crippen molar-refractivity contribution in [3.8, 4) is 23.7 Å². The molecular weight excluding hydrogens is 504 g/mol. The van der Waals surface area contributed by atoms with Crippen LogP contribution in [-0.4, -0.2) is 38.6 Å². The Morgan fingerprint density at radius 3 is 2.15 bits per heavy atom. The molecule has 194 valence electrons. The number of fused-ring (bicyclic) bond motifs is 2. The Kier molecular flexibility index (Phi) is 5.66. The van der Waals surface area contributed by atoms with Crippen molar-refractivity contribution >= 4 is 43.1 Å². The molecule has 0 spiro atoms. The van der Waals surface area contributed by atoms with Crippen molar-refractivity contribution < 1.29 is 14.9 Å². The smallest absolute Gasteiger partial charge is 0.330 e. The zero-order valence-corrected chi connectivity index (χ0v) is 21.1. The third-order valence-corrected chi connectivity index (χ3v) is 7.64. The summed E-state index contributed by atoms with van der Waals surface area (Å²) in [7, 11) is 0. The summed E-state index contributed by atoms with van der Waals surface area (Å²) in [4.78, 5) is 27.0. The number of H-pyrrole nitrogens is 1. The van der Waals surface area contributed by atoms with E-state index >= 15 is 0 Å². The van der Waals surface area contributed by atoms with Crippen LogP contribution in [0.15, 0.2) is 82.5 Å². The standard InChI is InChI=1S/C33H22N2O5/c36-18-28-27(37)16-29(40-28)35-17-21(32(38)34-33(35)39)7-2-1-6-19-14-15-26-24-12-4-9-20-8-3-11-23(30(20)24)25-13-5-10-22(19)31(25)26/h3-5,8-15,17,27-29,36-37H,16,18H2,(H,34,38,39)/t27-,28+,29+/m0/s1. The third-order valence-electron chi connectivity index (χ3n) is 7.64. The van der Waals surface area contributed by atoms with Crippen LogP contribution in [0.1, 0.15) is 23.8 Å². The van der Waals surface area contributed by atoms with Crippen molar-refractivity contribution in [3.05, 3.63) is 105 Å². The number of hydrogen-bond acceptors (Lipinski definition) is 5. The zero-order valence-electron chi connectivity index (χ0n) is 21.1. The van der Waals surface area contributed by atoms with Crippen molar-refractivity contribution in [1.29, 1.82) is 0 Å². The molecule has 0 unspecified atom stereocenters. The molecule has 0 radical (unpaired) electrons. The Morgan fingerprint density at radius 1 is 0.825 bits per heavy atom. The first-order chi connectivity index (χ1) is 19.5. The van der Waals surface area contributed by atoms with Crippen molar-refractivity contribution in [2.24, 2.45) is 0 Å². The number of aliphatic hydroxyl groups excluding tert-OH is 2. The number of benzene rings is 5. The first-order valence-electron chi connectivity index (χ1n) is 12.9. The molecule has 0 aliphatic carbocycles. The van der Waals surface area contributed by atoms with E-state index in [1.165, 1.54) is 43.1 Å². The average molecular weight is 527 g/mol. The average Bonchev–Trinajstić information content (AvgIpc) is 3.35. The highest BCUT2D eigenvalue weighted by atomic mass is 16.5. The largest absolute Gasteiger partial charge is 0.394 e. The number of nitrogens with zero attached hydrogens (tertiary/aromatic N) is 1. The Bertz CT molecular complexity index is 2160. The summed E-state index contributed by atoms with van der Waals surface area (Å²) in [6.45, 7) is -0.378. The van der Waals surface area contributed by atoms with Gasteiger partial charge in [0.1, 0.15) is 17.9 Å². The quantitative estimate of drug-likeness (QED) is 0.182. The first kappa shape index (κ1) is 24.1. The molecule has 0 amide bonds. The van der Waals surface area contributed by atoms with E-state index in [2.05, 4.69) is 83.3 Å². The van der Waals surface area contributed by atoms with Gasteiger partial charge in [-0.25, -0.2) is 4.79 Å². The molecule has 0 bridgehead atoms. The molecule has 3 N–H and O–H groups in total. The van der Waals surface area contributed by atoms with Gasteiger partial charge in [-0.2, -0.15) is 0 Å². The molecule has 1 aliphatic heterocycles. The fourth-order valence-electron chi connectivity index (χ4n) is 5.79. The minimum absolute atomic E-state index is 0.0426. The molecule has 3 atom stereocenters. The maximum atomic E-state index is 12.4. The molecule has 2 heterocycles. The molecule has 1 fully saturated rings. The number of rotatable bonds is 2. The lowest BCUT2D eigenvalue weighted by Crippen LogP contribution is -2.33. The van der Waals surface area contributed by atoms with E-state index in [-0.39, 0.29) is 18.6 Å². The van der Waals surface area contributed by atoms with Crippen molar-refractivity contribution in [2.45, 2.75) is 24.9 Å². The molecule has 7 heteroatoms. The lowest BCUT2D eigenvalue weighted by Gasteiger charge is -2.14. The number of ether oxygens (including phenoxy) is 1. The number of nitrogens with one attached hydrogen (secondary N) is 1. The first-order valence-corrected chi connectivity index (χ1v) is 12.9. The number of aromatic amines is 1. The molecule has 1 saturated heterocycles. The predicted octanol–water partition coefficient (Wildman–Crippen LogP) is 3.63. The van der Waals surface area contributed by atoms with Gasteiger partial charge in [0.25, 0.3) is 5.56 Å². The molecule has 5 aromatic carbocycles. The van der Waals surface area contributed by atoms with Gasteiger partial charge in [-0.05, 0) is 66.9 Å². The zero-order chi connectivity index (χ0) is 27.4. The molecule has 7 nitrogen and oxygen atoms in total. The van der Waals surface area contributed by atoms with Crippen LogP contribution >= 0.6 is 0 Å². The minimum Gasteiger partial charge on any atom is -0.394 e. The molecule has 0 saturated carbocycles. The van der Waals surface area contributed by atoms with Gasteiger partial charge in [0, 0.05) is 18.2 Å². The van der Waals surface area contributed by atoms with E-state index in [9.17, 15) is 19.8 Å². The summed E-state index contributed by atoms with van der Waals surface area (Å²) in [5, 5.41) is 28.7. The number of aromatic nitrogens is 2. The van der Waals surface area contributed by atoms with Crippen LogP contribution in [0.4, 0.5) is 0 Å². The van der Waals surface area contributed by atoms with Gasteiger partial charge in [-0.3, -0.25) is 14.3 Å².